The molecular weight excluding hydrogens is 414 g/mol. The number of nitro benzene ring substituents is 1. The number of imide groups is 1. The molecule has 0 saturated heterocycles. The van der Waals surface area contributed by atoms with Crippen LogP contribution in [0.1, 0.15) is 37.8 Å². The summed E-state index contributed by atoms with van der Waals surface area (Å²) in [5.74, 6) is -0.892. The lowest BCUT2D eigenvalue weighted by Gasteiger charge is -2.13. The zero-order chi connectivity index (χ0) is 22.7. The molecule has 32 heavy (non-hydrogen) atoms. The lowest BCUT2D eigenvalue weighted by Crippen LogP contribution is -2.29. The van der Waals surface area contributed by atoms with Crippen LogP contribution in [0.25, 0.3) is 17.0 Å². The van der Waals surface area contributed by atoms with Crippen LogP contribution in [-0.2, 0) is 0 Å². The predicted molar refractivity (Wildman–Crippen MR) is 113 cm³/mol. The maximum absolute atomic E-state index is 13.3. The highest BCUT2D eigenvalue weighted by Crippen LogP contribution is 2.35. The SMILES string of the molecule is Cc1cc(C)nc(-n2nc(C)c3c4c(cnc32)C(=O)N(c2cccc([N+](=O)[O-])c2)C4=O)n1. The minimum absolute atomic E-state index is 0.109. The van der Waals surface area contributed by atoms with E-state index in [-0.39, 0.29) is 22.5 Å². The van der Waals surface area contributed by atoms with E-state index >= 15 is 0 Å². The first kappa shape index (κ1) is 19.4. The molecule has 1 aromatic carbocycles. The van der Waals surface area contributed by atoms with Crippen molar-refractivity contribution in [2.75, 3.05) is 4.90 Å². The van der Waals surface area contributed by atoms with Crippen molar-refractivity contribution in [3.63, 3.8) is 0 Å². The Morgan fingerprint density at radius 1 is 1.00 bits per heavy atom. The van der Waals surface area contributed by atoms with Gasteiger partial charge in [0.25, 0.3) is 23.5 Å². The molecule has 11 heteroatoms. The van der Waals surface area contributed by atoms with Crippen molar-refractivity contribution in [3.8, 4) is 5.95 Å². The van der Waals surface area contributed by atoms with Crippen LogP contribution in [0, 0.1) is 30.9 Å². The van der Waals surface area contributed by atoms with Gasteiger partial charge in [0.05, 0.1) is 32.8 Å². The molecule has 5 rings (SSSR count). The third-order valence-electron chi connectivity index (χ3n) is 5.18. The van der Waals surface area contributed by atoms with Crippen molar-refractivity contribution in [1.82, 2.24) is 24.7 Å². The first-order valence-corrected chi connectivity index (χ1v) is 9.60. The Morgan fingerprint density at radius 3 is 2.41 bits per heavy atom. The molecule has 0 radical (unpaired) electrons. The van der Waals surface area contributed by atoms with Gasteiger partial charge in [0.1, 0.15) is 0 Å². The highest BCUT2D eigenvalue weighted by molar-refractivity contribution is 6.37. The Bertz CT molecular complexity index is 1470. The average molecular weight is 429 g/mol. The zero-order valence-electron chi connectivity index (χ0n) is 17.2. The highest BCUT2D eigenvalue weighted by Gasteiger charge is 2.40. The van der Waals surface area contributed by atoms with Crippen LogP contribution in [-0.4, -0.2) is 41.5 Å². The van der Waals surface area contributed by atoms with Crippen LogP contribution >= 0.6 is 0 Å². The lowest BCUT2D eigenvalue weighted by molar-refractivity contribution is -0.384. The smallest absolute Gasteiger partial charge is 0.268 e. The summed E-state index contributed by atoms with van der Waals surface area (Å²) >= 11 is 0. The maximum atomic E-state index is 13.3. The molecule has 3 aromatic heterocycles. The topological polar surface area (TPSA) is 137 Å². The van der Waals surface area contributed by atoms with E-state index in [0.717, 1.165) is 16.3 Å². The fourth-order valence-corrected chi connectivity index (χ4v) is 3.88. The van der Waals surface area contributed by atoms with Gasteiger partial charge in [-0.25, -0.2) is 19.9 Å². The van der Waals surface area contributed by atoms with Crippen LogP contribution in [0.15, 0.2) is 36.5 Å². The van der Waals surface area contributed by atoms with Crippen LogP contribution < -0.4 is 4.90 Å². The van der Waals surface area contributed by atoms with Gasteiger partial charge >= 0.3 is 0 Å². The number of fused-ring (bicyclic) bond motifs is 3. The predicted octanol–water partition coefficient (Wildman–Crippen LogP) is 2.84. The Balaban J connectivity index is 1.70. The number of carbonyl (C=O) groups excluding carboxylic acids is 2. The molecular formula is C21H15N7O4. The van der Waals surface area contributed by atoms with E-state index in [1.807, 2.05) is 19.9 Å². The molecule has 1 aliphatic rings. The summed E-state index contributed by atoms with van der Waals surface area (Å²) in [6.07, 6.45) is 1.32. The number of benzene rings is 1. The second kappa shape index (κ2) is 6.74. The Labute approximate surface area is 180 Å². The average Bonchev–Trinajstić information content (AvgIpc) is 3.21. The Morgan fingerprint density at radius 2 is 1.72 bits per heavy atom. The molecule has 4 aromatic rings. The van der Waals surface area contributed by atoms with Crippen molar-refractivity contribution in [2.45, 2.75) is 20.8 Å². The number of nitro groups is 1. The summed E-state index contributed by atoms with van der Waals surface area (Å²) < 4.78 is 1.44. The molecule has 0 atom stereocenters. The van der Waals surface area contributed by atoms with Crippen molar-refractivity contribution in [2.24, 2.45) is 0 Å². The minimum Gasteiger partial charge on any atom is -0.268 e. The molecule has 2 amide bonds. The van der Waals surface area contributed by atoms with Crippen LogP contribution in [0.2, 0.25) is 0 Å². The number of nitrogens with zero attached hydrogens (tertiary/aromatic N) is 7. The molecule has 0 fully saturated rings. The summed E-state index contributed by atoms with van der Waals surface area (Å²) in [5, 5.41) is 16.0. The summed E-state index contributed by atoms with van der Waals surface area (Å²) in [7, 11) is 0. The molecule has 0 spiro atoms. The summed E-state index contributed by atoms with van der Waals surface area (Å²) in [5.41, 5.74) is 2.47. The van der Waals surface area contributed by atoms with Crippen molar-refractivity contribution in [1.29, 1.82) is 0 Å². The fourth-order valence-electron chi connectivity index (χ4n) is 3.88. The molecule has 0 saturated carbocycles. The first-order valence-electron chi connectivity index (χ1n) is 9.60. The van der Waals surface area contributed by atoms with Gasteiger partial charge in [-0.15, -0.1) is 0 Å². The molecule has 0 unspecified atom stereocenters. The van der Waals surface area contributed by atoms with Crippen LogP contribution in [0.5, 0.6) is 0 Å². The molecule has 11 nitrogen and oxygen atoms in total. The number of amides is 2. The van der Waals surface area contributed by atoms with Gasteiger partial charge in [0.15, 0.2) is 5.65 Å². The fraction of sp³-hybridized carbons (Fsp3) is 0.143. The van der Waals surface area contributed by atoms with Crippen molar-refractivity contribution < 1.29 is 14.5 Å². The largest absolute Gasteiger partial charge is 0.271 e. The summed E-state index contributed by atoms with van der Waals surface area (Å²) in [6.45, 7) is 5.37. The van der Waals surface area contributed by atoms with Crippen LogP contribution in [0.4, 0.5) is 11.4 Å². The molecule has 0 bridgehead atoms. The number of pyridine rings is 1. The van der Waals surface area contributed by atoms with Crippen molar-refractivity contribution >= 4 is 34.2 Å². The number of aromatic nitrogens is 5. The molecule has 0 N–H and O–H groups in total. The van der Waals surface area contributed by atoms with E-state index in [1.54, 1.807) is 6.92 Å². The van der Waals surface area contributed by atoms with Gasteiger partial charge in [-0.3, -0.25) is 19.7 Å². The Kier molecular flexibility index (Phi) is 4.09. The summed E-state index contributed by atoms with van der Waals surface area (Å²) in [4.78, 5) is 51.1. The van der Waals surface area contributed by atoms with Crippen molar-refractivity contribution in [3.05, 3.63) is 74.9 Å². The Hall–Kier alpha value is -4.54. The van der Waals surface area contributed by atoms with E-state index in [0.29, 0.717) is 22.7 Å². The normalized spacial score (nSPS) is 13.2. The number of rotatable bonds is 3. The zero-order valence-corrected chi connectivity index (χ0v) is 17.2. The maximum Gasteiger partial charge on any atom is 0.271 e. The number of hydrogen-bond donors (Lipinski definition) is 0. The highest BCUT2D eigenvalue weighted by atomic mass is 16.6. The first-order chi connectivity index (χ1) is 15.3. The van der Waals surface area contributed by atoms with Gasteiger partial charge in [-0.05, 0) is 32.9 Å². The van der Waals surface area contributed by atoms with E-state index in [4.69, 9.17) is 0 Å². The van der Waals surface area contributed by atoms with Gasteiger partial charge in [-0.2, -0.15) is 9.78 Å². The quantitative estimate of drug-likeness (QED) is 0.275. The van der Waals surface area contributed by atoms with Gasteiger partial charge in [-0.1, -0.05) is 6.07 Å². The van der Waals surface area contributed by atoms with E-state index < -0.39 is 16.7 Å². The number of non-ortho nitro benzene ring substituents is 1. The van der Waals surface area contributed by atoms with E-state index in [9.17, 15) is 19.7 Å². The van der Waals surface area contributed by atoms with E-state index in [2.05, 4.69) is 20.1 Å². The number of hydrogen-bond acceptors (Lipinski definition) is 8. The van der Waals surface area contributed by atoms with Gasteiger partial charge in [0.2, 0.25) is 0 Å². The molecule has 4 heterocycles. The molecule has 0 aliphatic carbocycles. The van der Waals surface area contributed by atoms with Gasteiger partial charge in [0, 0.05) is 29.7 Å². The molecule has 1 aliphatic heterocycles. The lowest BCUT2D eigenvalue weighted by atomic mass is 10.1. The minimum atomic E-state index is -0.602. The van der Waals surface area contributed by atoms with E-state index in [1.165, 1.54) is 35.1 Å². The third-order valence-corrected chi connectivity index (χ3v) is 5.18. The summed E-state index contributed by atoms with van der Waals surface area (Å²) in [6, 6.07) is 7.20. The second-order valence-electron chi connectivity index (χ2n) is 7.42. The number of carbonyl (C=O) groups is 2. The monoisotopic (exact) mass is 429 g/mol. The molecule has 158 valence electrons. The second-order valence-corrected chi connectivity index (χ2v) is 7.42. The number of aryl methyl sites for hydroxylation is 3. The van der Waals surface area contributed by atoms with Crippen LogP contribution in [0.3, 0.4) is 0 Å². The van der Waals surface area contributed by atoms with Gasteiger partial charge < -0.3 is 0 Å². The third kappa shape index (κ3) is 2.75. The standard InChI is InChI=1S/C21H15N7O4/c1-10-7-11(2)24-21(23-10)27-18-16(12(3)25-27)17-15(9-22-18)19(29)26(20(17)30)13-5-4-6-14(8-13)28(31)32/h4-9H,1-3H3. The number of anilines is 1.